The Balaban J connectivity index is 1.37. The number of carbonyl (C=O) groups excluding carboxylic acids is 1. The number of hydrazone groups is 1. The molecular weight excluding hydrogens is 446 g/mol. The summed E-state index contributed by atoms with van der Waals surface area (Å²) in [6, 6.07) is 22.9. The molecule has 0 saturated carbocycles. The zero-order valence-electron chi connectivity index (χ0n) is 15.9. The van der Waals surface area contributed by atoms with Gasteiger partial charge in [-0.1, -0.05) is 57.5 Å². The van der Waals surface area contributed by atoms with Gasteiger partial charge in [-0.15, -0.1) is 5.10 Å². The van der Waals surface area contributed by atoms with Gasteiger partial charge in [0.1, 0.15) is 24.4 Å². The third-order valence-corrected chi connectivity index (χ3v) is 4.80. The molecule has 7 nitrogen and oxygen atoms in total. The number of carbonyl (C=O) groups is 1. The van der Waals surface area contributed by atoms with Gasteiger partial charge in [-0.25, -0.2) is 10.1 Å². The Morgan fingerprint density at radius 1 is 1.10 bits per heavy atom. The molecule has 0 aliphatic heterocycles. The van der Waals surface area contributed by atoms with Crippen LogP contribution in [0.25, 0.3) is 11.0 Å². The van der Waals surface area contributed by atoms with Crippen LogP contribution in [0, 0.1) is 0 Å². The van der Waals surface area contributed by atoms with Gasteiger partial charge in [-0.2, -0.15) is 5.10 Å². The van der Waals surface area contributed by atoms with Gasteiger partial charge in [-0.05, 0) is 42.0 Å². The summed E-state index contributed by atoms with van der Waals surface area (Å²) in [4.78, 5) is 12.2. The van der Waals surface area contributed by atoms with E-state index in [1.54, 1.807) is 6.21 Å². The maximum absolute atomic E-state index is 12.2. The first kappa shape index (κ1) is 19.8. The SMILES string of the molecule is O=C(Cn1nnc2ccccc21)NN=Cc1ccccc1OCc1cccc(Br)c1. The van der Waals surface area contributed by atoms with Crippen molar-refractivity contribution in [2.45, 2.75) is 13.2 Å². The van der Waals surface area contributed by atoms with Gasteiger partial charge in [0.15, 0.2) is 0 Å². The molecule has 0 aliphatic carbocycles. The van der Waals surface area contributed by atoms with Gasteiger partial charge < -0.3 is 4.74 Å². The molecule has 8 heteroatoms. The van der Waals surface area contributed by atoms with Crippen molar-refractivity contribution in [2.75, 3.05) is 0 Å². The van der Waals surface area contributed by atoms with Crippen LogP contribution in [-0.4, -0.2) is 27.1 Å². The monoisotopic (exact) mass is 463 g/mol. The van der Waals surface area contributed by atoms with Crippen LogP contribution in [0.5, 0.6) is 5.75 Å². The van der Waals surface area contributed by atoms with Crippen molar-refractivity contribution < 1.29 is 9.53 Å². The average molecular weight is 464 g/mol. The van der Waals surface area contributed by atoms with Gasteiger partial charge in [0.25, 0.3) is 5.91 Å². The molecule has 0 unspecified atom stereocenters. The molecule has 3 aromatic carbocycles. The number of nitrogens with zero attached hydrogens (tertiary/aromatic N) is 4. The molecule has 0 bridgehead atoms. The molecule has 0 aliphatic rings. The molecule has 30 heavy (non-hydrogen) atoms. The number of hydrogen-bond acceptors (Lipinski definition) is 5. The minimum atomic E-state index is -0.297. The topological polar surface area (TPSA) is 81.4 Å². The van der Waals surface area contributed by atoms with Crippen molar-refractivity contribution in [3.05, 3.63) is 88.4 Å². The van der Waals surface area contributed by atoms with E-state index in [1.165, 1.54) is 4.68 Å². The number of fused-ring (bicyclic) bond motifs is 1. The number of rotatable bonds is 7. The highest BCUT2D eigenvalue weighted by molar-refractivity contribution is 9.10. The van der Waals surface area contributed by atoms with Gasteiger partial charge in [0.2, 0.25) is 0 Å². The molecule has 0 spiro atoms. The highest BCUT2D eigenvalue weighted by Crippen LogP contribution is 2.19. The van der Waals surface area contributed by atoms with Crippen molar-refractivity contribution in [1.29, 1.82) is 0 Å². The second kappa shape index (κ2) is 9.32. The smallest absolute Gasteiger partial charge is 0.261 e. The third kappa shape index (κ3) is 4.90. The fraction of sp³-hybridized carbons (Fsp3) is 0.0909. The second-order valence-corrected chi connectivity index (χ2v) is 7.40. The van der Waals surface area contributed by atoms with Gasteiger partial charge in [0, 0.05) is 10.0 Å². The van der Waals surface area contributed by atoms with Crippen LogP contribution < -0.4 is 10.2 Å². The van der Waals surface area contributed by atoms with Crippen LogP contribution in [0.2, 0.25) is 0 Å². The zero-order chi connectivity index (χ0) is 20.8. The molecule has 150 valence electrons. The number of aromatic nitrogens is 3. The molecule has 1 aromatic heterocycles. The first-order valence-corrected chi connectivity index (χ1v) is 10.0. The van der Waals surface area contributed by atoms with Crippen LogP contribution in [0.1, 0.15) is 11.1 Å². The summed E-state index contributed by atoms with van der Waals surface area (Å²) in [5.41, 5.74) is 5.87. The summed E-state index contributed by atoms with van der Waals surface area (Å²) in [6.07, 6.45) is 1.56. The van der Waals surface area contributed by atoms with E-state index in [-0.39, 0.29) is 12.5 Å². The molecule has 0 radical (unpaired) electrons. The molecule has 4 rings (SSSR count). The van der Waals surface area contributed by atoms with E-state index in [0.29, 0.717) is 12.4 Å². The Morgan fingerprint density at radius 2 is 1.93 bits per heavy atom. The maximum Gasteiger partial charge on any atom is 0.261 e. The Hall–Kier alpha value is -3.52. The van der Waals surface area contributed by atoms with E-state index in [9.17, 15) is 4.79 Å². The van der Waals surface area contributed by atoms with Crippen molar-refractivity contribution in [2.24, 2.45) is 5.10 Å². The normalized spacial score (nSPS) is 11.1. The summed E-state index contributed by atoms with van der Waals surface area (Å²) in [5, 5.41) is 12.1. The van der Waals surface area contributed by atoms with E-state index in [1.807, 2.05) is 72.8 Å². The third-order valence-electron chi connectivity index (χ3n) is 4.31. The highest BCUT2D eigenvalue weighted by Gasteiger charge is 2.08. The number of halogens is 1. The molecule has 0 atom stereocenters. The zero-order valence-corrected chi connectivity index (χ0v) is 17.5. The Bertz CT molecular complexity index is 1200. The molecule has 0 saturated heterocycles. The van der Waals surface area contributed by atoms with Crippen molar-refractivity contribution in [1.82, 2.24) is 20.4 Å². The predicted octanol–water partition coefficient (Wildman–Crippen LogP) is 3.92. The molecular formula is C22H18BrN5O2. The van der Waals surface area contributed by atoms with Crippen LogP contribution in [-0.2, 0) is 17.9 Å². The summed E-state index contributed by atoms with van der Waals surface area (Å²) in [5.74, 6) is 0.382. The van der Waals surface area contributed by atoms with Crippen LogP contribution in [0.4, 0.5) is 0 Å². The van der Waals surface area contributed by atoms with E-state index < -0.39 is 0 Å². The molecule has 0 fully saturated rings. The average Bonchev–Trinajstić information content (AvgIpc) is 3.16. The number of benzene rings is 3. The second-order valence-electron chi connectivity index (χ2n) is 6.49. The summed E-state index contributed by atoms with van der Waals surface area (Å²) < 4.78 is 8.46. The van der Waals surface area contributed by atoms with Gasteiger partial charge >= 0.3 is 0 Å². The number of para-hydroxylation sites is 2. The fourth-order valence-electron chi connectivity index (χ4n) is 2.89. The number of ether oxygens (including phenoxy) is 1. The van der Waals surface area contributed by atoms with Crippen LogP contribution >= 0.6 is 15.9 Å². The minimum absolute atomic E-state index is 0.0267. The summed E-state index contributed by atoms with van der Waals surface area (Å²) in [6.45, 7) is 0.453. The summed E-state index contributed by atoms with van der Waals surface area (Å²) >= 11 is 3.46. The molecule has 1 N–H and O–H groups in total. The first-order valence-electron chi connectivity index (χ1n) is 9.25. The Kier molecular flexibility index (Phi) is 6.14. The standard InChI is InChI=1S/C22H18BrN5O2/c23-18-8-5-6-16(12-18)15-30-21-11-4-1-7-17(21)13-24-26-22(29)14-28-20-10-3-2-9-19(20)25-27-28/h1-13H,14-15H2,(H,26,29). The lowest BCUT2D eigenvalue weighted by atomic mass is 10.2. The lowest BCUT2D eigenvalue weighted by Crippen LogP contribution is -2.23. The van der Waals surface area contributed by atoms with Crippen LogP contribution in [0.3, 0.4) is 0 Å². The van der Waals surface area contributed by atoms with Crippen LogP contribution in [0.15, 0.2) is 82.4 Å². The largest absolute Gasteiger partial charge is 0.488 e. The molecule has 4 aromatic rings. The number of nitrogens with one attached hydrogen (secondary N) is 1. The van der Waals surface area contributed by atoms with E-state index in [2.05, 4.69) is 36.8 Å². The fourth-order valence-corrected chi connectivity index (χ4v) is 3.33. The lowest BCUT2D eigenvalue weighted by molar-refractivity contribution is -0.121. The van der Waals surface area contributed by atoms with Gasteiger partial charge in [0.05, 0.1) is 11.7 Å². The lowest BCUT2D eigenvalue weighted by Gasteiger charge is -2.09. The Morgan fingerprint density at radius 3 is 2.83 bits per heavy atom. The van der Waals surface area contributed by atoms with Crippen molar-refractivity contribution in [3.63, 3.8) is 0 Å². The van der Waals surface area contributed by atoms with E-state index >= 15 is 0 Å². The highest BCUT2D eigenvalue weighted by atomic mass is 79.9. The van der Waals surface area contributed by atoms with Crippen molar-refractivity contribution in [3.8, 4) is 5.75 Å². The first-order chi connectivity index (χ1) is 14.7. The van der Waals surface area contributed by atoms with Crippen molar-refractivity contribution >= 4 is 39.1 Å². The molecule has 1 heterocycles. The van der Waals surface area contributed by atoms with Gasteiger partial charge in [-0.3, -0.25) is 4.79 Å². The quantitative estimate of drug-likeness (QED) is 0.332. The van der Waals surface area contributed by atoms with E-state index in [4.69, 9.17) is 4.74 Å². The maximum atomic E-state index is 12.2. The predicted molar refractivity (Wildman–Crippen MR) is 118 cm³/mol. The number of hydrogen-bond donors (Lipinski definition) is 1. The van der Waals surface area contributed by atoms with E-state index in [0.717, 1.165) is 26.6 Å². The number of amides is 1. The minimum Gasteiger partial charge on any atom is -0.488 e. The Labute approximate surface area is 181 Å². The molecule has 1 amide bonds. The summed E-state index contributed by atoms with van der Waals surface area (Å²) in [7, 11) is 0.